The van der Waals surface area contributed by atoms with Gasteiger partial charge in [-0.25, -0.2) is 0 Å². The maximum Gasteiger partial charge on any atom is 0.0590 e. The van der Waals surface area contributed by atoms with E-state index in [0.717, 1.165) is 31.7 Å². The smallest absolute Gasteiger partial charge is 0.0590 e. The second-order valence-corrected chi connectivity index (χ2v) is 3.67. The molecule has 0 unspecified atom stereocenters. The average molecular weight is 171 g/mol. The SMILES string of the molecule is CCOCCN[C@@H]1CCC[C@H]1C. The molecule has 0 aliphatic heterocycles. The molecule has 2 atom stereocenters. The van der Waals surface area contributed by atoms with Crippen molar-refractivity contribution >= 4 is 0 Å². The van der Waals surface area contributed by atoms with E-state index in [0.29, 0.717) is 0 Å². The minimum Gasteiger partial charge on any atom is -0.380 e. The van der Waals surface area contributed by atoms with Crippen molar-refractivity contribution in [2.24, 2.45) is 5.92 Å². The van der Waals surface area contributed by atoms with Crippen LogP contribution in [0.3, 0.4) is 0 Å². The number of ether oxygens (including phenoxy) is 1. The molecule has 0 spiro atoms. The Kier molecular flexibility index (Phi) is 4.62. The predicted octanol–water partition coefficient (Wildman–Crippen LogP) is 1.80. The first kappa shape index (κ1) is 10.0. The number of hydrogen-bond donors (Lipinski definition) is 1. The Bertz CT molecular complexity index is 116. The summed E-state index contributed by atoms with van der Waals surface area (Å²) in [6.07, 6.45) is 4.15. The van der Waals surface area contributed by atoms with E-state index >= 15 is 0 Å². The molecule has 0 amide bonds. The molecule has 1 aliphatic carbocycles. The van der Waals surface area contributed by atoms with Crippen LogP contribution in [0.4, 0.5) is 0 Å². The molecule has 0 bridgehead atoms. The van der Waals surface area contributed by atoms with Crippen molar-refractivity contribution in [1.29, 1.82) is 0 Å². The van der Waals surface area contributed by atoms with Crippen molar-refractivity contribution in [2.75, 3.05) is 19.8 Å². The maximum atomic E-state index is 5.27. The highest BCUT2D eigenvalue weighted by molar-refractivity contribution is 4.79. The van der Waals surface area contributed by atoms with E-state index in [1.807, 2.05) is 6.92 Å². The van der Waals surface area contributed by atoms with Gasteiger partial charge in [-0.05, 0) is 25.7 Å². The molecule has 1 rings (SSSR count). The van der Waals surface area contributed by atoms with Crippen LogP contribution in [0.1, 0.15) is 33.1 Å². The van der Waals surface area contributed by atoms with Crippen molar-refractivity contribution < 1.29 is 4.74 Å². The third-order valence-electron chi connectivity index (χ3n) is 2.72. The van der Waals surface area contributed by atoms with Gasteiger partial charge in [0.2, 0.25) is 0 Å². The van der Waals surface area contributed by atoms with E-state index in [1.165, 1.54) is 19.3 Å². The van der Waals surface area contributed by atoms with E-state index in [-0.39, 0.29) is 0 Å². The quantitative estimate of drug-likeness (QED) is 0.637. The summed E-state index contributed by atoms with van der Waals surface area (Å²) in [6.45, 7) is 7.09. The number of nitrogens with one attached hydrogen (secondary N) is 1. The Hall–Kier alpha value is -0.0800. The Balaban J connectivity index is 1.98. The van der Waals surface area contributed by atoms with Gasteiger partial charge in [0.15, 0.2) is 0 Å². The fourth-order valence-electron chi connectivity index (χ4n) is 1.91. The zero-order valence-corrected chi connectivity index (χ0v) is 8.31. The lowest BCUT2D eigenvalue weighted by atomic mass is 10.1. The molecule has 0 aromatic rings. The fraction of sp³-hybridized carbons (Fsp3) is 1.00. The third kappa shape index (κ3) is 3.11. The lowest BCUT2D eigenvalue weighted by Crippen LogP contribution is -2.33. The normalized spacial score (nSPS) is 29.5. The Morgan fingerprint density at radius 1 is 1.42 bits per heavy atom. The molecular weight excluding hydrogens is 150 g/mol. The molecule has 0 saturated heterocycles. The van der Waals surface area contributed by atoms with Gasteiger partial charge < -0.3 is 10.1 Å². The van der Waals surface area contributed by atoms with Crippen molar-refractivity contribution in [2.45, 2.75) is 39.2 Å². The summed E-state index contributed by atoms with van der Waals surface area (Å²) in [5, 5.41) is 3.54. The second-order valence-electron chi connectivity index (χ2n) is 3.67. The highest BCUT2D eigenvalue weighted by Gasteiger charge is 2.21. The number of rotatable bonds is 5. The summed E-state index contributed by atoms with van der Waals surface area (Å²) < 4.78 is 5.27. The highest BCUT2D eigenvalue weighted by atomic mass is 16.5. The van der Waals surface area contributed by atoms with Crippen LogP contribution in [0.2, 0.25) is 0 Å². The molecule has 0 radical (unpaired) electrons. The van der Waals surface area contributed by atoms with Gasteiger partial charge in [0.05, 0.1) is 6.61 Å². The summed E-state index contributed by atoms with van der Waals surface area (Å²) in [5.41, 5.74) is 0. The van der Waals surface area contributed by atoms with Crippen molar-refractivity contribution in [3.63, 3.8) is 0 Å². The first-order chi connectivity index (χ1) is 5.84. The lowest BCUT2D eigenvalue weighted by Gasteiger charge is -2.16. The van der Waals surface area contributed by atoms with Crippen LogP contribution in [0.25, 0.3) is 0 Å². The highest BCUT2D eigenvalue weighted by Crippen LogP contribution is 2.24. The monoisotopic (exact) mass is 171 g/mol. The minimum absolute atomic E-state index is 0.755. The van der Waals surface area contributed by atoms with E-state index in [1.54, 1.807) is 0 Å². The summed E-state index contributed by atoms with van der Waals surface area (Å²) in [5.74, 6) is 0.867. The van der Waals surface area contributed by atoms with E-state index < -0.39 is 0 Å². The van der Waals surface area contributed by atoms with E-state index in [4.69, 9.17) is 4.74 Å². The maximum absolute atomic E-state index is 5.27. The molecule has 0 aromatic heterocycles. The Labute approximate surface area is 75.7 Å². The molecule has 2 heteroatoms. The standard InChI is InChI=1S/C10H21NO/c1-3-12-8-7-11-10-6-4-5-9(10)2/h9-11H,3-8H2,1-2H3/t9-,10-/m1/s1. The van der Waals surface area contributed by atoms with Crippen LogP contribution >= 0.6 is 0 Å². The summed E-state index contributed by atoms with van der Waals surface area (Å²) in [7, 11) is 0. The minimum atomic E-state index is 0.755. The Morgan fingerprint density at radius 3 is 2.83 bits per heavy atom. The average Bonchev–Trinajstić information content (AvgIpc) is 2.46. The van der Waals surface area contributed by atoms with Crippen molar-refractivity contribution in [3.05, 3.63) is 0 Å². The molecule has 1 saturated carbocycles. The molecule has 2 nitrogen and oxygen atoms in total. The topological polar surface area (TPSA) is 21.3 Å². The molecule has 1 N–H and O–H groups in total. The second kappa shape index (κ2) is 5.55. The third-order valence-corrected chi connectivity index (χ3v) is 2.72. The van der Waals surface area contributed by atoms with E-state index in [2.05, 4.69) is 12.2 Å². The van der Waals surface area contributed by atoms with E-state index in [9.17, 15) is 0 Å². The lowest BCUT2D eigenvalue weighted by molar-refractivity contribution is 0.145. The molecule has 0 aromatic carbocycles. The molecule has 72 valence electrons. The van der Waals surface area contributed by atoms with Gasteiger partial charge >= 0.3 is 0 Å². The summed E-state index contributed by atoms with van der Waals surface area (Å²) in [4.78, 5) is 0. The van der Waals surface area contributed by atoms with Crippen LogP contribution in [-0.2, 0) is 4.74 Å². The van der Waals surface area contributed by atoms with Gasteiger partial charge in [-0.3, -0.25) is 0 Å². The zero-order valence-electron chi connectivity index (χ0n) is 8.31. The van der Waals surface area contributed by atoms with Crippen molar-refractivity contribution in [3.8, 4) is 0 Å². The summed E-state index contributed by atoms with van der Waals surface area (Å²) in [6, 6.07) is 0.755. The van der Waals surface area contributed by atoms with Crippen LogP contribution in [0, 0.1) is 5.92 Å². The first-order valence-corrected chi connectivity index (χ1v) is 5.15. The number of hydrogen-bond acceptors (Lipinski definition) is 2. The zero-order chi connectivity index (χ0) is 8.81. The molecular formula is C10H21NO. The van der Waals surface area contributed by atoms with Gasteiger partial charge in [0, 0.05) is 19.2 Å². The molecule has 1 aliphatic rings. The molecule has 12 heavy (non-hydrogen) atoms. The van der Waals surface area contributed by atoms with Crippen LogP contribution in [0.15, 0.2) is 0 Å². The van der Waals surface area contributed by atoms with Gasteiger partial charge in [-0.1, -0.05) is 13.3 Å². The molecule has 0 heterocycles. The van der Waals surface area contributed by atoms with Crippen LogP contribution in [-0.4, -0.2) is 25.8 Å². The van der Waals surface area contributed by atoms with Gasteiger partial charge in [0.1, 0.15) is 0 Å². The Morgan fingerprint density at radius 2 is 2.25 bits per heavy atom. The van der Waals surface area contributed by atoms with Gasteiger partial charge in [0.25, 0.3) is 0 Å². The predicted molar refractivity (Wildman–Crippen MR) is 51.3 cm³/mol. The van der Waals surface area contributed by atoms with Gasteiger partial charge in [-0.2, -0.15) is 0 Å². The van der Waals surface area contributed by atoms with Crippen LogP contribution < -0.4 is 5.32 Å². The van der Waals surface area contributed by atoms with Crippen LogP contribution in [0.5, 0.6) is 0 Å². The van der Waals surface area contributed by atoms with Gasteiger partial charge in [-0.15, -0.1) is 0 Å². The summed E-state index contributed by atoms with van der Waals surface area (Å²) >= 11 is 0. The van der Waals surface area contributed by atoms with Crippen molar-refractivity contribution in [1.82, 2.24) is 5.32 Å². The first-order valence-electron chi connectivity index (χ1n) is 5.15. The fourth-order valence-corrected chi connectivity index (χ4v) is 1.91. The molecule has 1 fully saturated rings. The largest absolute Gasteiger partial charge is 0.380 e.